The lowest BCUT2D eigenvalue weighted by Crippen LogP contribution is -1.74. The molecule has 0 rings (SSSR count). The molecule has 0 aliphatic heterocycles. The fourth-order valence-corrected chi connectivity index (χ4v) is 0. The van der Waals surface area contributed by atoms with Crippen molar-refractivity contribution in [2.75, 3.05) is 0 Å². The van der Waals surface area contributed by atoms with E-state index in [-0.39, 0.29) is 0 Å². The molecule has 0 spiro atoms. The molecule has 0 aromatic rings. The van der Waals surface area contributed by atoms with Gasteiger partial charge in [0.2, 0.25) is 0 Å². The summed E-state index contributed by atoms with van der Waals surface area (Å²) in [6, 6.07) is 0. The van der Waals surface area contributed by atoms with E-state index in [1.165, 1.54) is 0 Å². The molecular weight excluding hydrogens is 103 g/mol. The Morgan fingerprint density at radius 2 is 2.20 bits per heavy atom. The molecule has 4 heteroatoms. The maximum absolute atomic E-state index is 9.48. The fraction of sp³-hybridized carbons (Fsp3) is 0. The lowest BCUT2D eigenvalue weighted by molar-refractivity contribution is 0.276. The molecule has 0 N–H and O–H groups in total. The quantitative estimate of drug-likeness (QED) is 0.279. The van der Waals surface area contributed by atoms with Gasteiger partial charge in [-0.1, -0.05) is 0 Å². The maximum Gasteiger partial charge on any atom is 0.185 e. The summed E-state index contributed by atoms with van der Waals surface area (Å²) in [5.74, 6) is 0. The Hall–Kier alpha value is 0.435. The Bertz CT molecular complexity index is 44.9. The van der Waals surface area contributed by atoms with Gasteiger partial charge in [0.1, 0.15) is 5.01 Å². The van der Waals surface area contributed by atoms with Gasteiger partial charge in [-0.25, -0.2) is 0 Å². The normalized spacial score (nSPS) is 7.40. The predicted molar refractivity (Wildman–Crippen MR) is 27.7 cm³/mol. The van der Waals surface area contributed by atoms with E-state index >= 15 is 0 Å². The van der Waals surface area contributed by atoms with Crippen LogP contribution in [0.4, 0.5) is 4.79 Å². The molecule has 0 aliphatic carbocycles. The lowest BCUT2D eigenvalue weighted by Gasteiger charge is -1.70. The molecule has 0 amide bonds. The van der Waals surface area contributed by atoms with Crippen LogP contribution in [0.1, 0.15) is 0 Å². The Labute approximate surface area is 40.7 Å². The van der Waals surface area contributed by atoms with Gasteiger partial charge in [0.15, 0.2) is 7.85 Å². The average Bonchev–Trinajstić information content (AvgIpc) is 1.38. The first-order chi connectivity index (χ1) is 2.27. The molecular formula is CHBOS2. The summed E-state index contributed by atoms with van der Waals surface area (Å²) in [6.45, 7) is 0. The fourth-order valence-electron chi connectivity index (χ4n) is 0. The minimum atomic E-state index is -0.465. The van der Waals surface area contributed by atoms with Crippen LogP contribution in [-0.2, 0) is 0 Å². The largest absolute Gasteiger partial charge is 0.300 e. The zero-order chi connectivity index (χ0) is 4.28. The van der Waals surface area contributed by atoms with Crippen molar-refractivity contribution in [2.24, 2.45) is 0 Å². The first-order valence-corrected chi connectivity index (χ1v) is 2.75. The van der Waals surface area contributed by atoms with E-state index in [0.29, 0.717) is 10.8 Å². The SMILES string of the molecule is [B]C(=O)SS. The molecule has 0 unspecified atom stereocenters. The van der Waals surface area contributed by atoms with E-state index in [9.17, 15) is 4.79 Å². The van der Waals surface area contributed by atoms with Gasteiger partial charge in [-0.05, 0) is 10.8 Å². The summed E-state index contributed by atoms with van der Waals surface area (Å²) < 4.78 is 0. The third-order valence-corrected chi connectivity index (χ3v) is 0.810. The second-order valence-corrected chi connectivity index (χ2v) is 1.54. The average molecular weight is 104 g/mol. The van der Waals surface area contributed by atoms with Gasteiger partial charge >= 0.3 is 0 Å². The van der Waals surface area contributed by atoms with E-state index < -0.39 is 5.01 Å². The Morgan fingerprint density at radius 1 is 2.00 bits per heavy atom. The molecule has 0 aromatic carbocycles. The van der Waals surface area contributed by atoms with Crippen molar-refractivity contribution in [1.82, 2.24) is 0 Å². The maximum atomic E-state index is 9.48. The van der Waals surface area contributed by atoms with E-state index in [1.807, 2.05) is 0 Å². The molecule has 5 heavy (non-hydrogen) atoms. The van der Waals surface area contributed by atoms with Gasteiger partial charge in [-0.15, -0.1) is 11.7 Å². The zero-order valence-electron chi connectivity index (χ0n) is 2.34. The highest BCUT2D eigenvalue weighted by atomic mass is 33.1. The predicted octanol–water partition coefficient (Wildman–Crippen LogP) is 0.853. The summed E-state index contributed by atoms with van der Waals surface area (Å²) in [5.41, 5.74) is 0. The van der Waals surface area contributed by atoms with Crippen LogP contribution >= 0.6 is 22.5 Å². The molecule has 0 heterocycles. The van der Waals surface area contributed by atoms with Gasteiger partial charge in [-0.2, -0.15) is 0 Å². The first kappa shape index (κ1) is 5.43. The van der Waals surface area contributed by atoms with Crippen molar-refractivity contribution >= 4 is 35.3 Å². The van der Waals surface area contributed by atoms with Crippen molar-refractivity contribution in [3.63, 3.8) is 0 Å². The van der Waals surface area contributed by atoms with Crippen LogP contribution in [0.2, 0.25) is 0 Å². The van der Waals surface area contributed by atoms with Crippen LogP contribution in [-0.4, -0.2) is 12.9 Å². The Balaban J connectivity index is 2.85. The van der Waals surface area contributed by atoms with Crippen LogP contribution in [0.5, 0.6) is 0 Å². The van der Waals surface area contributed by atoms with Gasteiger partial charge in [0.05, 0.1) is 0 Å². The minimum Gasteiger partial charge on any atom is -0.300 e. The van der Waals surface area contributed by atoms with Gasteiger partial charge in [0, 0.05) is 0 Å². The number of hydrogen-bond donors (Lipinski definition) is 1. The Kier molecular flexibility index (Phi) is 2.89. The molecule has 0 atom stereocenters. The summed E-state index contributed by atoms with van der Waals surface area (Å²) in [7, 11) is 5.25. The van der Waals surface area contributed by atoms with Crippen molar-refractivity contribution in [3.8, 4) is 0 Å². The molecule has 0 saturated carbocycles. The third-order valence-electron chi connectivity index (χ3n) is 0.0900. The molecule has 0 bridgehead atoms. The standard InChI is InChI=1S/CHBOS2/c2-1(3)5-4/h4H. The number of hydrogen-bond acceptors (Lipinski definition) is 3. The van der Waals surface area contributed by atoms with Crippen molar-refractivity contribution in [2.45, 2.75) is 0 Å². The molecule has 0 aliphatic rings. The van der Waals surface area contributed by atoms with Crippen LogP contribution in [0.3, 0.4) is 0 Å². The second kappa shape index (κ2) is 2.66. The van der Waals surface area contributed by atoms with Crippen LogP contribution in [0.25, 0.3) is 0 Å². The molecule has 0 aromatic heterocycles. The number of carbonyl (C=O) groups is 1. The third kappa shape index (κ3) is 4.43. The Morgan fingerprint density at radius 3 is 2.20 bits per heavy atom. The summed E-state index contributed by atoms with van der Waals surface area (Å²) >= 11 is 3.46. The minimum absolute atomic E-state index is 0.465. The topological polar surface area (TPSA) is 17.1 Å². The van der Waals surface area contributed by atoms with Crippen LogP contribution < -0.4 is 0 Å². The highest BCUT2D eigenvalue weighted by Crippen LogP contribution is 2.02. The van der Waals surface area contributed by atoms with Crippen molar-refractivity contribution in [3.05, 3.63) is 0 Å². The second-order valence-electron chi connectivity index (χ2n) is 0.410. The van der Waals surface area contributed by atoms with Crippen molar-refractivity contribution < 1.29 is 4.79 Å². The molecule has 1 nitrogen and oxygen atoms in total. The highest BCUT2D eigenvalue weighted by molar-refractivity contribution is 8.75. The van der Waals surface area contributed by atoms with Gasteiger partial charge < -0.3 is 0 Å². The first-order valence-electron chi connectivity index (χ1n) is 0.879. The number of thiol groups is 1. The number of rotatable bonds is 0. The summed E-state index contributed by atoms with van der Waals surface area (Å²) in [4.78, 5) is 9.48. The van der Waals surface area contributed by atoms with Crippen LogP contribution in [0, 0.1) is 0 Å². The smallest absolute Gasteiger partial charge is 0.185 e. The highest BCUT2D eigenvalue weighted by Gasteiger charge is 1.78. The molecule has 2 radical (unpaired) electrons. The zero-order valence-corrected chi connectivity index (χ0v) is 4.05. The molecule has 0 fully saturated rings. The van der Waals surface area contributed by atoms with E-state index in [4.69, 9.17) is 0 Å². The summed E-state index contributed by atoms with van der Waals surface area (Å²) in [5, 5.41) is -0.465. The monoisotopic (exact) mass is 104 g/mol. The van der Waals surface area contributed by atoms with E-state index in [1.54, 1.807) is 0 Å². The lowest BCUT2D eigenvalue weighted by atomic mass is 10.2. The van der Waals surface area contributed by atoms with Gasteiger partial charge in [-0.3, -0.25) is 4.79 Å². The van der Waals surface area contributed by atoms with E-state index in [2.05, 4.69) is 19.5 Å². The molecule has 26 valence electrons. The van der Waals surface area contributed by atoms with E-state index in [0.717, 1.165) is 0 Å². The van der Waals surface area contributed by atoms with Crippen molar-refractivity contribution in [1.29, 1.82) is 0 Å². The van der Waals surface area contributed by atoms with Gasteiger partial charge in [0.25, 0.3) is 0 Å². The summed E-state index contributed by atoms with van der Waals surface area (Å²) in [6.07, 6.45) is 0. The van der Waals surface area contributed by atoms with Crippen LogP contribution in [0.15, 0.2) is 0 Å². The number of carbonyl (C=O) groups excluding carboxylic acids is 1. The molecule has 0 saturated heterocycles.